The van der Waals surface area contributed by atoms with Crippen LogP contribution in [-0.4, -0.2) is 23.0 Å². The Morgan fingerprint density at radius 3 is 2.50 bits per heavy atom. The van der Waals surface area contributed by atoms with Crippen molar-refractivity contribution in [3.63, 3.8) is 0 Å². The minimum absolute atomic E-state index is 0.135. The number of hydrogen-bond donors (Lipinski definition) is 0. The number of para-hydroxylation sites is 1. The van der Waals surface area contributed by atoms with Gasteiger partial charge in [0.1, 0.15) is 11.5 Å². The molecular weight excluding hydrogens is 299 g/mol. The van der Waals surface area contributed by atoms with Crippen molar-refractivity contribution in [3.05, 3.63) is 70.9 Å². The van der Waals surface area contributed by atoms with Gasteiger partial charge in [-0.2, -0.15) is 0 Å². The first kappa shape index (κ1) is 14.5. The van der Waals surface area contributed by atoms with Gasteiger partial charge < -0.3 is 0 Å². The molecule has 3 rings (SSSR count). The minimum Gasteiger partial charge on any atom is -0.290 e. The molecule has 3 nitrogen and oxygen atoms in total. The third-order valence-electron chi connectivity index (χ3n) is 3.17. The fourth-order valence-corrected chi connectivity index (χ4v) is 2.98. The lowest BCUT2D eigenvalue weighted by atomic mass is 10.2. The van der Waals surface area contributed by atoms with Crippen LogP contribution in [0.25, 0.3) is 6.08 Å². The lowest BCUT2D eigenvalue weighted by Gasteiger charge is -2.07. The first-order valence-electron chi connectivity index (χ1n) is 6.71. The lowest BCUT2D eigenvalue weighted by molar-refractivity contribution is -0.121. The van der Waals surface area contributed by atoms with E-state index in [1.54, 1.807) is 25.2 Å². The van der Waals surface area contributed by atoms with Gasteiger partial charge in [-0.1, -0.05) is 42.5 Å². The van der Waals surface area contributed by atoms with Crippen LogP contribution < -0.4 is 0 Å². The first-order valence-corrected chi connectivity index (χ1v) is 7.52. The van der Waals surface area contributed by atoms with Gasteiger partial charge in [0.15, 0.2) is 5.17 Å². The molecule has 1 amide bonds. The Kier molecular flexibility index (Phi) is 4.06. The molecule has 1 heterocycles. The standard InChI is InChI=1S/C17H13FN2OS/c1-20-16(21)15(11-12-7-3-2-4-8-12)22-17(20)19-14-10-6-5-9-13(14)18/h2-11H,1H3/b15-11+,19-17?. The maximum Gasteiger partial charge on any atom is 0.266 e. The smallest absolute Gasteiger partial charge is 0.266 e. The predicted molar refractivity (Wildman–Crippen MR) is 88.3 cm³/mol. The molecule has 0 spiro atoms. The number of benzene rings is 2. The van der Waals surface area contributed by atoms with Gasteiger partial charge >= 0.3 is 0 Å². The van der Waals surface area contributed by atoms with Gasteiger partial charge in [-0.25, -0.2) is 9.38 Å². The molecule has 1 aliphatic rings. The molecule has 0 N–H and O–H groups in total. The zero-order chi connectivity index (χ0) is 15.5. The van der Waals surface area contributed by atoms with Crippen molar-refractivity contribution in [1.82, 2.24) is 4.90 Å². The van der Waals surface area contributed by atoms with Crippen molar-refractivity contribution in [2.45, 2.75) is 0 Å². The average Bonchev–Trinajstić information content (AvgIpc) is 2.79. The summed E-state index contributed by atoms with van der Waals surface area (Å²) in [7, 11) is 1.64. The van der Waals surface area contributed by atoms with Gasteiger partial charge in [-0.3, -0.25) is 9.69 Å². The molecule has 0 atom stereocenters. The third-order valence-corrected chi connectivity index (χ3v) is 4.23. The average molecular weight is 312 g/mol. The Morgan fingerprint density at radius 2 is 1.77 bits per heavy atom. The van der Waals surface area contributed by atoms with E-state index in [1.165, 1.54) is 22.7 Å². The number of rotatable bonds is 2. The molecular formula is C17H13FN2OS. The predicted octanol–water partition coefficient (Wildman–Crippen LogP) is 4.06. The number of nitrogens with zero attached hydrogens (tertiary/aromatic N) is 2. The summed E-state index contributed by atoms with van der Waals surface area (Å²) in [5, 5.41) is 0.470. The van der Waals surface area contributed by atoms with Crippen LogP contribution in [0.2, 0.25) is 0 Å². The summed E-state index contributed by atoms with van der Waals surface area (Å²) in [5.41, 5.74) is 1.17. The molecule has 0 aliphatic carbocycles. The van der Waals surface area contributed by atoms with Gasteiger partial charge in [0.2, 0.25) is 0 Å². The van der Waals surface area contributed by atoms with E-state index >= 15 is 0 Å². The summed E-state index contributed by atoms with van der Waals surface area (Å²) in [4.78, 5) is 18.5. The molecule has 0 saturated carbocycles. The highest BCUT2D eigenvalue weighted by Crippen LogP contribution is 2.33. The van der Waals surface area contributed by atoms with Crippen molar-refractivity contribution in [2.75, 3.05) is 7.05 Å². The number of carbonyl (C=O) groups is 1. The van der Waals surface area contributed by atoms with Gasteiger partial charge in [0.05, 0.1) is 4.91 Å². The maximum atomic E-state index is 13.7. The SMILES string of the molecule is CN1C(=O)/C(=C\c2ccccc2)SC1=Nc1ccccc1F. The van der Waals surface area contributed by atoms with E-state index in [1.807, 2.05) is 36.4 Å². The minimum atomic E-state index is -0.406. The largest absolute Gasteiger partial charge is 0.290 e. The van der Waals surface area contributed by atoms with Crippen molar-refractivity contribution >= 4 is 34.6 Å². The van der Waals surface area contributed by atoms with Crippen LogP contribution in [0.1, 0.15) is 5.56 Å². The summed E-state index contributed by atoms with van der Waals surface area (Å²) in [5.74, 6) is -0.541. The molecule has 22 heavy (non-hydrogen) atoms. The van der Waals surface area contributed by atoms with Gasteiger partial charge in [-0.15, -0.1) is 0 Å². The summed E-state index contributed by atoms with van der Waals surface area (Å²) in [6, 6.07) is 15.8. The zero-order valence-corrected chi connectivity index (χ0v) is 12.7. The van der Waals surface area contributed by atoms with Gasteiger partial charge in [0.25, 0.3) is 5.91 Å². The van der Waals surface area contributed by atoms with Crippen LogP contribution in [0.3, 0.4) is 0 Å². The fraction of sp³-hybridized carbons (Fsp3) is 0.0588. The van der Waals surface area contributed by atoms with Crippen LogP contribution in [0.5, 0.6) is 0 Å². The highest BCUT2D eigenvalue weighted by Gasteiger charge is 2.30. The number of halogens is 1. The number of aliphatic imine (C=N–C) groups is 1. The third kappa shape index (κ3) is 2.94. The van der Waals surface area contributed by atoms with Gasteiger partial charge in [0, 0.05) is 7.05 Å². The van der Waals surface area contributed by atoms with E-state index in [4.69, 9.17) is 0 Å². The van der Waals surface area contributed by atoms with E-state index in [9.17, 15) is 9.18 Å². The molecule has 2 aromatic carbocycles. The van der Waals surface area contributed by atoms with Crippen LogP contribution in [-0.2, 0) is 4.79 Å². The Morgan fingerprint density at radius 1 is 1.09 bits per heavy atom. The molecule has 2 aromatic rings. The van der Waals surface area contributed by atoms with Gasteiger partial charge in [-0.05, 0) is 35.5 Å². The molecule has 0 aromatic heterocycles. The fourth-order valence-electron chi connectivity index (χ4n) is 2.00. The quantitative estimate of drug-likeness (QED) is 0.783. The van der Waals surface area contributed by atoms with Crippen molar-refractivity contribution in [2.24, 2.45) is 4.99 Å². The Balaban J connectivity index is 1.92. The summed E-state index contributed by atoms with van der Waals surface area (Å²) < 4.78 is 13.7. The number of thioether (sulfide) groups is 1. The van der Waals surface area contributed by atoms with Crippen LogP contribution in [0.4, 0.5) is 10.1 Å². The Bertz CT molecular complexity index is 771. The molecule has 0 radical (unpaired) electrons. The second kappa shape index (κ2) is 6.15. The van der Waals surface area contributed by atoms with Crippen LogP contribution in [0.15, 0.2) is 64.5 Å². The highest BCUT2D eigenvalue weighted by atomic mass is 32.2. The van der Waals surface area contributed by atoms with E-state index in [0.29, 0.717) is 10.1 Å². The zero-order valence-electron chi connectivity index (χ0n) is 11.9. The molecule has 1 aliphatic heterocycles. The van der Waals surface area contributed by atoms with Crippen LogP contribution >= 0.6 is 11.8 Å². The van der Waals surface area contributed by atoms with Crippen molar-refractivity contribution < 1.29 is 9.18 Å². The Hall–Kier alpha value is -2.40. The van der Waals surface area contributed by atoms with Crippen LogP contribution in [0, 0.1) is 5.82 Å². The molecule has 0 unspecified atom stereocenters. The summed E-state index contributed by atoms with van der Waals surface area (Å²) in [6.45, 7) is 0. The number of carbonyl (C=O) groups excluding carboxylic acids is 1. The van der Waals surface area contributed by atoms with Crippen molar-refractivity contribution in [1.29, 1.82) is 0 Å². The molecule has 110 valence electrons. The Labute approximate surface area is 132 Å². The molecule has 1 fully saturated rings. The van der Waals surface area contributed by atoms with E-state index in [-0.39, 0.29) is 11.6 Å². The van der Waals surface area contributed by atoms with E-state index in [2.05, 4.69) is 4.99 Å². The normalized spacial score (nSPS) is 18.5. The monoisotopic (exact) mass is 312 g/mol. The number of amidine groups is 1. The molecule has 0 bridgehead atoms. The summed E-state index contributed by atoms with van der Waals surface area (Å²) in [6.07, 6.45) is 1.81. The second-order valence-electron chi connectivity index (χ2n) is 4.73. The number of hydrogen-bond acceptors (Lipinski definition) is 3. The topological polar surface area (TPSA) is 32.7 Å². The maximum absolute atomic E-state index is 13.7. The summed E-state index contributed by atoms with van der Waals surface area (Å²) >= 11 is 1.25. The lowest BCUT2D eigenvalue weighted by Crippen LogP contribution is -2.23. The number of amides is 1. The van der Waals surface area contributed by atoms with E-state index < -0.39 is 5.82 Å². The van der Waals surface area contributed by atoms with Crippen molar-refractivity contribution in [3.8, 4) is 0 Å². The number of likely N-dealkylation sites (N-methyl/N-ethyl adjacent to an activating group) is 1. The molecule has 1 saturated heterocycles. The second-order valence-corrected chi connectivity index (χ2v) is 5.74. The highest BCUT2D eigenvalue weighted by molar-refractivity contribution is 8.18. The first-order chi connectivity index (χ1) is 10.6. The van der Waals surface area contributed by atoms with E-state index in [0.717, 1.165) is 5.56 Å². The molecule has 5 heteroatoms.